The summed E-state index contributed by atoms with van der Waals surface area (Å²) in [5, 5.41) is 0. The summed E-state index contributed by atoms with van der Waals surface area (Å²) in [6, 6.07) is 1.82. The van der Waals surface area contributed by atoms with Crippen molar-refractivity contribution >= 4 is 11.9 Å². The first-order chi connectivity index (χ1) is 10.1. The molecule has 0 N–H and O–H groups in total. The molecular weight excluding hydrogens is 264 g/mol. The highest BCUT2D eigenvalue weighted by Crippen LogP contribution is 2.21. The number of anilines is 1. The topological polar surface area (TPSA) is 49.3 Å². The van der Waals surface area contributed by atoms with E-state index >= 15 is 0 Å². The van der Waals surface area contributed by atoms with Gasteiger partial charge < -0.3 is 9.80 Å². The molecule has 2 saturated heterocycles. The minimum atomic E-state index is 0.0598. The third kappa shape index (κ3) is 3.17. The molecule has 1 amide bonds. The first-order valence-corrected chi connectivity index (χ1v) is 8.03. The van der Waals surface area contributed by atoms with Crippen LogP contribution in [0.3, 0.4) is 0 Å². The molecule has 5 heteroatoms. The molecule has 0 unspecified atom stereocenters. The number of hydrogen-bond acceptors (Lipinski definition) is 4. The van der Waals surface area contributed by atoms with Gasteiger partial charge in [-0.2, -0.15) is 0 Å². The smallest absolute Gasteiger partial charge is 0.272 e. The number of piperidine rings is 1. The van der Waals surface area contributed by atoms with Gasteiger partial charge in [0.25, 0.3) is 5.91 Å². The standard InChI is InChI=1S/C16H24N4O/c1-12-5-9-20(10-6-12)16-17-13(2)11-14(18-16)15(21)19-7-3-4-8-19/h11-12H,3-10H2,1-2H3. The number of aryl methyl sites for hydroxylation is 1. The van der Waals surface area contributed by atoms with Gasteiger partial charge in [0, 0.05) is 31.9 Å². The van der Waals surface area contributed by atoms with Crippen molar-refractivity contribution in [3.63, 3.8) is 0 Å². The molecule has 114 valence electrons. The number of aromatic nitrogens is 2. The summed E-state index contributed by atoms with van der Waals surface area (Å²) in [5.74, 6) is 1.56. The van der Waals surface area contributed by atoms with Crippen LogP contribution in [0, 0.1) is 12.8 Å². The number of rotatable bonds is 2. The Morgan fingerprint density at radius 3 is 2.48 bits per heavy atom. The van der Waals surface area contributed by atoms with E-state index in [1.54, 1.807) is 0 Å². The zero-order valence-corrected chi connectivity index (χ0v) is 13.0. The van der Waals surface area contributed by atoms with Gasteiger partial charge in [0.2, 0.25) is 5.95 Å². The Labute approximate surface area is 126 Å². The van der Waals surface area contributed by atoms with Crippen LogP contribution in [0.15, 0.2) is 6.07 Å². The molecule has 1 aromatic rings. The lowest BCUT2D eigenvalue weighted by molar-refractivity contribution is 0.0786. The Kier molecular flexibility index (Phi) is 4.08. The number of likely N-dealkylation sites (tertiary alicyclic amines) is 1. The van der Waals surface area contributed by atoms with Crippen LogP contribution in [0.25, 0.3) is 0 Å². The average Bonchev–Trinajstić information content (AvgIpc) is 3.00. The van der Waals surface area contributed by atoms with Crippen LogP contribution >= 0.6 is 0 Å². The molecule has 0 spiro atoms. The summed E-state index contributed by atoms with van der Waals surface area (Å²) in [4.78, 5) is 25.7. The fourth-order valence-corrected chi connectivity index (χ4v) is 3.09. The zero-order chi connectivity index (χ0) is 14.8. The van der Waals surface area contributed by atoms with E-state index in [0.29, 0.717) is 5.69 Å². The first-order valence-electron chi connectivity index (χ1n) is 8.03. The fraction of sp³-hybridized carbons (Fsp3) is 0.688. The second-order valence-electron chi connectivity index (χ2n) is 6.36. The normalized spacial score (nSPS) is 20.1. The van der Waals surface area contributed by atoms with E-state index < -0.39 is 0 Å². The molecule has 0 atom stereocenters. The van der Waals surface area contributed by atoms with Crippen molar-refractivity contribution in [2.24, 2.45) is 5.92 Å². The molecule has 1 aromatic heterocycles. The Hall–Kier alpha value is -1.65. The Balaban J connectivity index is 1.80. The number of hydrogen-bond donors (Lipinski definition) is 0. The molecule has 0 aliphatic carbocycles. The van der Waals surface area contributed by atoms with Crippen LogP contribution in [0.4, 0.5) is 5.95 Å². The van der Waals surface area contributed by atoms with E-state index in [1.807, 2.05) is 17.9 Å². The maximum atomic E-state index is 12.5. The molecule has 2 aliphatic rings. The quantitative estimate of drug-likeness (QED) is 0.837. The Morgan fingerprint density at radius 2 is 1.81 bits per heavy atom. The molecule has 0 saturated carbocycles. The fourth-order valence-electron chi connectivity index (χ4n) is 3.09. The summed E-state index contributed by atoms with van der Waals surface area (Å²) in [6.07, 6.45) is 4.55. The van der Waals surface area contributed by atoms with E-state index in [2.05, 4.69) is 21.8 Å². The van der Waals surface area contributed by atoms with E-state index in [1.165, 1.54) is 12.8 Å². The zero-order valence-electron chi connectivity index (χ0n) is 13.0. The number of amides is 1. The summed E-state index contributed by atoms with van der Waals surface area (Å²) in [7, 11) is 0. The first kappa shape index (κ1) is 14.3. The van der Waals surface area contributed by atoms with E-state index in [0.717, 1.165) is 56.6 Å². The highest BCUT2D eigenvalue weighted by Gasteiger charge is 2.23. The molecular formula is C16H24N4O. The minimum absolute atomic E-state index is 0.0598. The van der Waals surface area contributed by atoms with Crippen LogP contribution < -0.4 is 4.90 Å². The van der Waals surface area contributed by atoms with Gasteiger partial charge in [-0.25, -0.2) is 9.97 Å². The van der Waals surface area contributed by atoms with E-state index in [4.69, 9.17) is 0 Å². The average molecular weight is 288 g/mol. The predicted octanol–water partition coefficient (Wildman–Crippen LogP) is 2.26. The van der Waals surface area contributed by atoms with Crippen molar-refractivity contribution in [2.45, 2.75) is 39.5 Å². The molecule has 0 aromatic carbocycles. The van der Waals surface area contributed by atoms with Crippen molar-refractivity contribution < 1.29 is 4.79 Å². The lowest BCUT2D eigenvalue weighted by Crippen LogP contribution is -2.35. The minimum Gasteiger partial charge on any atom is -0.341 e. The Morgan fingerprint density at radius 1 is 1.14 bits per heavy atom. The third-order valence-electron chi connectivity index (χ3n) is 4.52. The molecule has 3 heterocycles. The third-order valence-corrected chi connectivity index (χ3v) is 4.52. The summed E-state index contributed by atoms with van der Waals surface area (Å²) in [6.45, 7) is 7.93. The molecule has 0 bridgehead atoms. The number of nitrogens with zero attached hydrogens (tertiary/aromatic N) is 4. The lowest BCUT2D eigenvalue weighted by Gasteiger charge is -2.30. The van der Waals surface area contributed by atoms with E-state index in [-0.39, 0.29) is 5.91 Å². The molecule has 5 nitrogen and oxygen atoms in total. The van der Waals surface area contributed by atoms with Crippen LogP contribution in [-0.2, 0) is 0 Å². The van der Waals surface area contributed by atoms with Gasteiger partial charge in [0.05, 0.1) is 0 Å². The van der Waals surface area contributed by atoms with Gasteiger partial charge in [-0.05, 0) is 44.6 Å². The van der Waals surface area contributed by atoms with Crippen LogP contribution in [0.5, 0.6) is 0 Å². The maximum Gasteiger partial charge on any atom is 0.272 e. The van der Waals surface area contributed by atoms with Gasteiger partial charge in [-0.3, -0.25) is 4.79 Å². The van der Waals surface area contributed by atoms with Gasteiger partial charge >= 0.3 is 0 Å². The summed E-state index contributed by atoms with van der Waals surface area (Å²) >= 11 is 0. The predicted molar refractivity (Wildman–Crippen MR) is 82.5 cm³/mol. The lowest BCUT2D eigenvalue weighted by atomic mass is 10.00. The highest BCUT2D eigenvalue weighted by molar-refractivity contribution is 5.92. The van der Waals surface area contributed by atoms with Gasteiger partial charge in [-0.15, -0.1) is 0 Å². The molecule has 0 radical (unpaired) electrons. The van der Waals surface area contributed by atoms with Crippen LogP contribution in [0.1, 0.15) is 48.8 Å². The molecule has 21 heavy (non-hydrogen) atoms. The van der Waals surface area contributed by atoms with Gasteiger partial charge in [-0.1, -0.05) is 6.92 Å². The number of carbonyl (C=O) groups is 1. The highest BCUT2D eigenvalue weighted by atomic mass is 16.2. The van der Waals surface area contributed by atoms with Crippen molar-refractivity contribution in [2.75, 3.05) is 31.1 Å². The summed E-state index contributed by atoms with van der Waals surface area (Å²) < 4.78 is 0. The van der Waals surface area contributed by atoms with Crippen LogP contribution in [-0.4, -0.2) is 47.0 Å². The van der Waals surface area contributed by atoms with Crippen molar-refractivity contribution in [3.8, 4) is 0 Å². The maximum absolute atomic E-state index is 12.5. The van der Waals surface area contributed by atoms with Crippen molar-refractivity contribution in [3.05, 3.63) is 17.5 Å². The second-order valence-corrected chi connectivity index (χ2v) is 6.36. The largest absolute Gasteiger partial charge is 0.341 e. The Bertz CT molecular complexity index is 517. The monoisotopic (exact) mass is 288 g/mol. The van der Waals surface area contributed by atoms with Gasteiger partial charge in [0.1, 0.15) is 5.69 Å². The summed E-state index contributed by atoms with van der Waals surface area (Å²) in [5.41, 5.74) is 1.43. The van der Waals surface area contributed by atoms with Crippen molar-refractivity contribution in [1.82, 2.24) is 14.9 Å². The van der Waals surface area contributed by atoms with Gasteiger partial charge in [0.15, 0.2) is 0 Å². The second kappa shape index (κ2) is 6.00. The molecule has 3 rings (SSSR count). The van der Waals surface area contributed by atoms with Crippen LogP contribution in [0.2, 0.25) is 0 Å². The van der Waals surface area contributed by atoms with E-state index in [9.17, 15) is 4.79 Å². The van der Waals surface area contributed by atoms with Crippen molar-refractivity contribution in [1.29, 1.82) is 0 Å². The SMILES string of the molecule is Cc1cc(C(=O)N2CCCC2)nc(N2CCC(C)CC2)n1. The molecule has 2 fully saturated rings. The number of carbonyl (C=O) groups excluding carboxylic acids is 1. The molecule has 2 aliphatic heterocycles.